The fourth-order valence-electron chi connectivity index (χ4n) is 7.17. The molecule has 3 heterocycles. The van der Waals surface area contributed by atoms with Crippen molar-refractivity contribution in [2.45, 2.75) is 121 Å². The molecule has 0 saturated carbocycles. The maximum Gasteiger partial charge on any atom is 0.316 e. The first-order valence-corrected chi connectivity index (χ1v) is 15.3. The SMILES string of the molecule is CCC1OC2(CCC1C)CC1CC(CC=C(C)CC(C)C=CC=C(CO)C3(O)C(C=C(C)C(OC)C3O)C(=O)O1)O2. The molecule has 3 aliphatic heterocycles. The van der Waals surface area contributed by atoms with E-state index in [0.29, 0.717) is 30.8 Å². The summed E-state index contributed by atoms with van der Waals surface area (Å²) < 4.78 is 25.0. The van der Waals surface area contributed by atoms with Crippen molar-refractivity contribution in [3.63, 3.8) is 0 Å². The van der Waals surface area contributed by atoms with Gasteiger partial charge in [-0.05, 0) is 62.5 Å². The zero-order valence-electron chi connectivity index (χ0n) is 25.5. The second kappa shape index (κ2) is 13.2. The van der Waals surface area contributed by atoms with E-state index >= 15 is 0 Å². The van der Waals surface area contributed by atoms with Gasteiger partial charge < -0.3 is 34.3 Å². The second-order valence-electron chi connectivity index (χ2n) is 12.7. The van der Waals surface area contributed by atoms with E-state index in [0.717, 1.165) is 25.7 Å². The molecule has 0 amide bonds. The summed E-state index contributed by atoms with van der Waals surface area (Å²) in [6.07, 6.45) is 11.2. The highest BCUT2D eigenvalue weighted by atomic mass is 16.7. The van der Waals surface area contributed by atoms with Crippen LogP contribution in [0, 0.1) is 17.8 Å². The molecule has 10 unspecified atom stereocenters. The van der Waals surface area contributed by atoms with E-state index < -0.39 is 48.2 Å². The van der Waals surface area contributed by atoms with Crippen molar-refractivity contribution in [1.82, 2.24) is 0 Å². The molecule has 2 saturated heterocycles. The lowest BCUT2D eigenvalue weighted by Gasteiger charge is -2.50. The van der Waals surface area contributed by atoms with Gasteiger partial charge in [0, 0.05) is 26.4 Å². The first kappa shape index (κ1) is 32.1. The highest BCUT2D eigenvalue weighted by Gasteiger charge is 2.56. The molecule has 2 fully saturated rings. The zero-order valence-corrected chi connectivity index (χ0v) is 25.5. The van der Waals surface area contributed by atoms with Gasteiger partial charge in [-0.2, -0.15) is 0 Å². The van der Waals surface area contributed by atoms with Crippen molar-refractivity contribution in [3.05, 3.63) is 47.1 Å². The molecule has 230 valence electrons. The molecule has 10 atom stereocenters. The number of aliphatic hydroxyl groups excluding tert-OH is 2. The van der Waals surface area contributed by atoms with Crippen molar-refractivity contribution in [1.29, 1.82) is 0 Å². The molecule has 8 nitrogen and oxygen atoms in total. The lowest BCUT2D eigenvalue weighted by molar-refractivity contribution is -0.335. The number of ether oxygens (including phenoxy) is 4. The Labute approximate surface area is 245 Å². The van der Waals surface area contributed by atoms with Gasteiger partial charge in [0.15, 0.2) is 5.79 Å². The molecule has 2 bridgehead atoms. The maximum absolute atomic E-state index is 13.9. The van der Waals surface area contributed by atoms with Gasteiger partial charge in [0.05, 0.1) is 18.8 Å². The molecular weight excluding hydrogens is 524 g/mol. The van der Waals surface area contributed by atoms with Crippen LogP contribution in [0.3, 0.4) is 0 Å². The van der Waals surface area contributed by atoms with Gasteiger partial charge in [-0.25, -0.2) is 0 Å². The van der Waals surface area contributed by atoms with Crippen LogP contribution in [0.1, 0.15) is 79.6 Å². The molecule has 4 aliphatic rings. The number of hydrogen-bond acceptors (Lipinski definition) is 8. The summed E-state index contributed by atoms with van der Waals surface area (Å²) in [6, 6.07) is 0. The van der Waals surface area contributed by atoms with E-state index in [1.807, 2.05) is 6.08 Å². The Balaban J connectivity index is 1.76. The average molecular weight is 575 g/mol. The minimum atomic E-state index is -2.13. The predicted molar refractivity (Wildman–Crippen MR) is 156 cm³/mol. The van der Waals surface area contributed by atoms with E-state index in [2.05, 4.69) is 33.8 Å². The van der Waals surface area contributed by atoms with Crippen LogP contribution >= 0.6 is 0 Å². The lowest BCUT2D eigenvalue weighted by Crippen LogP contribution is -2.61. The summed E-state index contributed by atoms with van der Waals surface area (Å²) in [4.78, 5) is 13.9. The van der Waals surface area contributed by atoms with Crippen molar-refractivity contribution in [2.75, 3.05) is 13.7 Å². The third kappa shape index (κ3) is 6.73. The maximum atomic E-state index is 13.9. The van der Waals surface area contributed by atoms with Crippen LogP contribution in [0.15, 0.2) is 47.1 Å². The van der Waals surface area contributed by atoms with Crippen LogP contribution in [-0.4, -0.2) is 76.9 Å². The molecule has 41 heavy (non-hydrogen) atoms. The molecule has 1 aliphatic carbocycles. The number of carbonyl (C=O) groups excluding carboxylic acids is 1. The van der Waals surface area contributed by atoms with Gasteiger partial charge in [0.1, 0.15) is 29.8 Å². The fourth-order valence-corrected chi connectivity index (χ4v) is 7.17. The summed E-state index contributed by atoms with van der Waals surface area (Å²) in [6.45, 7) is 9.73. The van der Waals surface area contributed by atoms with E-state index in [-0.39, 0.29) is 23.7 Å². The lowest BCUT2D eigenvalue weighted by atomic mass is 9.69. The highest BCUT2D eigenvalue weighted by molar-refractivity contribution is 5.78. The number of rotatable bonds is 3. The smallest absolute Gasteiger partial charge is 0.316 e. The van der Waals surface area contributed by atoms with Crippen LogP contribution in [0.2, 0.25) is 0 Å². The summed E-state index contributed by atoms with van der Waals surface area (Å²) in [5.74, 6) is -2.13. The normalized spacial score (nSPS) is 42.6. The third-order valence-corrected chi connectivity index (χ3v) is 9.51. The van der Waals surface area contributed by atoms with Crippen molar-refractivity contribution >= 4 is 5.97 Å². The molecule has 1 spiro atoms. The van der Waals surface area contributed by atoms with E-state index in [9.17, 15) is 20.1 Å². The predicted octanol–water partition coefficient (Wildman–Crippen LogP) is 4.53. The average Bonchev–Trinajstić information content (AvgIpc) is 2.93. The Hall–Kier alpha value is -1.81. The van der Waals surface area contributed by atoms with Crippen LogP contribution < -0.4 is 0 Å². The Morgan fingerprint density at radius 1 is 1.17 bits per heavy atom. The number of allylic oxidation sites excluding steroid dienone is 4. The Bertz CT molecular complexity index is 1060. The van der Waals surface area contributed by atoms with Crippen LogP contribution in [0.25, 0.3) is 0 Å². The molecule has 0 aromatic rings. The summed E-state index contributed by atoms with van der Waals surface area (Å²) in [5.41, 5.74) is -0.164. The Morgan fingerprint density at radius 3 is 2.61 bits per heavy atom. The first-order chi connectivity index (χ1) is 19.5. The topological polar surface area (TPSA) is 115 Å². The quantitative estimate of drug-likeness (QED) is 0.333. The molecular formula is C33H50O8. The third-order valence-electron chi connectivity index (χ3n) is 9.51. The van der Waals surface area contributed by atoms with E-state index in [1.165, 1.54) is 12.7 Å². The standard InChI is InChI=1S/C33H50O8/c1-7-28-22(4)13-14-32(41-28)18-26-17-25(40-32)12-11-21(3)15-20(2)9-8-10-24(19-34)33(37)27(31(36)39-26)16-23(5)29(38-6)30(33)35/h8-11,16,20,22,25-30,34-35,37H,7,12-15,17-19H2,1-6H3. The van der Waals surface area contributed by atoms with Gasteiger partial charge in [0.2, 0.25) is 0 Å². The minimum Gasteiger partial charge on any atom is -0.462 e. The number of hydrogen-bond donors (Lipinski definition) is 3. The second-order valence-corrected chi connectivity index (χ2v) is 12.7. The van der Waals surface area contributed by atoms with Crippen LogP contribution in [0.5, 0.6) is 0 Å². The van der Waals surface area contributed by atoms with Gasteiger partial charge in [0.25, 0.3) is 0 Å². The molecule has 3 N–H and O–H groups in total. The molecule has 0 aromatic heterocycles. The number of esters is 1. The molecule has 8 heteroatoms. The number of methoxy groups -OCH3 is 1. The molecule has 0 aromatic carbocycles. The summed E-state index contributed by atoms with van der Waals surface area (Å²) in [5, 5.41) is 33.9. The van der Waals surface area contributed by atoms with Crippen molar-refractivity contribution < 1.29 is 39.1 Å². The van der Waals surface area contributed by atoms with Gasteiger partial charge in [-0.15, -0.1) is 0 Å². The summed E-state index contributed by atoms with van der Waals surface area (Å²) in [7, 11) is 1.44. The van der Waals surface area contributed by atoms with Gasteiger partial charge >= 0.3 is 5.97 Å². The van der Waals surface area contributed by atoms with Gasteiger partial charge in [-0.1, -0.05) is 56.7 Å². The summed E-state index contributed by atoms with van der Waals surface area (Å²) >= 11 is 0. The molecule has 4 rings (SSSR count). The fraction of sp³-hybridized carbons (Fsp3) is 0.727. The first-order valence-electron chi connectivity index (χ1n) is 15.3. The highest BCUT2D eigenvalue weighted by Crippen LogP contribution is 2.45. The van der Waals surface area contributed by atoms with Crippen molar-refractivity contribution in [2.24, 2.45) is 17.8 Å². The van der Waals surface area contributed by atoms with Crippen LogP contribution in [-0.2, 0) is 23.7 Å². The number of carbonyl (C=O) groups is 1. The Morgan fingerprint density at radius 2 is 1.93 bits per heavy atom. The van der Waals surface area contributed by atoms with Crippen LogP contribution in [0.4, 0.5) is 0 Å². The van der Waals surface area contributed by atoms with E-state index in [1.54, 1.807) is 25.2 Å². The molecule has 0 radical (unpaired) electrons. The monoisotopic (exact) mass is 574 g/mol. The number of fused-ring (bicyclic) bond motifs is 3. The largest absolute Gasteiger partial charge is 0.462 e. The minimum absolute atomic E-state index is 0.0639. The number of aliphatic hydroxyl groups is 3. The zero-order chi connectivity index (χ0) is 29.9. The van der Waals surface area contributed by atoms with E-state index in [4.69, 9.17) is 18.9 Å². The van der Waals surface area contributed by atoms with Gasteiger partial charge in [-0.3, -0.25) is 4.79 Å². The van der Waals surface area contributed by atoms with Crippen molar-refractivity contribution in [3.8, 4) is 0 Å². The Kier molecular flexibility index (Phi) is 10.4.